The molecule has 0 aliphatic heterocycles. The fraction of sp³-hybridized carbons (Fsp3) is 0.269. The summed E-state index contributed by atoms with van der Waals surface area (Å²) in [7, 11) is 1.37. The van der Waals surface area contributed by atoms with E-state index in [-0.39, 0.29) is 5.97 Å². The highest BCUT2D eigenvalue weighted by Gasteiger charge is 2.08. The number of nitrogens with zero attached hydrogens (tertiary/aromatic N) is 1. The second-order valence-electron chi connectivity index (χ2n) is 7.22. The fourth-order valence-corrected chi connectivity index (χ4v) is 3.34. The molecule has 0 aromatic heterocycles. The van der Waals surface area contributed by atoms with Crippen LogP contribution in [0.5, 0.6) is 5.75 Å². The van der Waals surface area contributed by atoms with E-state index < -0.39 is 0 Å². The minimum Gasteiger partial charge on any atom is -0.494 e. The summed E-state index contributed by atoms with van der Waals surface area (Å²) in [6, 6.07) is 24.9. The Morgan fingerprint density at radius 3 is 2.28 bits per heavy atom. The van der Waals surface area contributed by atoms with Crippen molar-refractivity contribution in [2.45, 2.75) is 13.0 Å². The van der Waals surface area contributed by atoms with Crippen LogP contribution in [0, 0.1) is 0 Å². The SMILES string of the molecule is COC(=O)c1ccc(OCCCN(CCOCc2ccccc2)c2ccc(Cl)cc2)cc1. The third-order valence-electron chi connectivity index (χ3n) is 4.93. The lowest BCUT2D eigenvalue weighted by atomic mass is 10.2. The summed E-state index contributed by atoms with van der Waals surface area (Å²) in [6.07, 6.45) is 0.833. The topological polar surface area (TPSA) is 48.0 Å². The van der Waals surface area contributed by atoms with Gasteiger partial charge in [-0.1, -0.05) is 41.9 Å². The monoisotopic (exact) mass is 453 g/mol. The number of hydrogen-bond acceptors (Lipinski definition) is 5. The summed E-state index contributed by atoms with van der Waals surface area (Å²) in [5, 5.41) is 0.716. The van der Waals surface area contributed by atoms with E-state index in [9.17, 15) is 4.79 Å². The van der Waals surface area contributed by atoms with Crippen LogP contribution in [0.1, 0.15) is 22.3 Å². The molecule has 0 amide bonds. The van der Waals surface area contributed by atoms with Crippen molar-refractivity contribution < 1.29 is 19.0 Å². The molecule has 0 saturated carbocycles. The number of benzene rings is 3. The molecule has 0 radical (unpaired) electrons. The van der Waals surface area contributed by atoms with Gasteiger partial charge in [0, 0.05) is 23.8 Å². The zero-order valence-corrected chi connectivity index (χ0v) is 19.0. The summed E-state index contributed by atoms with van der Waals surface area (Å²) in [5.41, 5.74) is 2.77. The lowest BCUT2D eigenvalue weighted by Gasteiger charge is -2.25. The van der Waals surface area contributed by atoms with Crippen molar-refractivity contribution in [1.29, 1.82) is 0 Å². The van der Waals surface area contributed by atoms with Crippen LogP contribution in [-0.2, 0) is 16.1 Å². The van der Waals surface area contributed by atoms with Gasteiger partial charge in [-0.15, -0.1) is 0 Å². The summed E-state index contributed by atoms with van der Waals surface area (Å²) in [4.78, 5) is 13.8. The Kier molecular flexibility index (Phi) is 9.41. The normalized spacial score (nSPS) is 10.6. The Labute approximate surface area is 194 Å². The first-order valence-electron chi connectivity index (χ1n) is 10.6. The predicted molar refractivity (Wildman–Crippen MR) is 128 cm³/mol. The largest absolute Gasteiger partial charge is 0.494 e. The molecule has 3 aromatic carbocycles. The highest BCUT2D eigenvalue weighted by Crippen LogP contribution is 2.19. The Balaban J connectivity index is 1.47. The number of rotatable bonds is 12. The van der Waals surface area contributed by atoms with Gasteiger partial charge in [-0.05, 0) is 60.5 Å². The number of anilines is 1. The summed E-state index contributed by atoms with van der Waals surface area (Å²) in [6.45, 7) is 3.36. The minimum absolute atomic E-state index is 0.357. The van der Waals surface area contributed by atoms with E-state index in [1.54, 1.807) is 24.3 Å². The number of carbonyl (C=O) groups is 1. The second kappa shape index (κ2) is 12.7. The van der Waals surface area contributed by atoms with Crippen LogP contribution in [0.3, 0.4) is 0 Å². The predicted octanol–water partition coefficient (Wildman–Crippen LogP) is 5.62. The van der Waals surface area contributed by atoms with E-state index >= 15 is 0 Å². The van der Waals surface area contributed by atoms with Crippen molar-refractivity contribution in [2.24, 2.45) is 0 Å². The molecule has 3 rings (SSSR count). The van der Waals surface area contributed by atoms with Crippen molar-refractivity contribution in [1.82, 2.24) is 0 Å². The first kappa shape index (κ1) is 23.6. The van der Waals surface area contributed by atoms with Crippen LogP contribution in [0.25, 0.3) is 0 Å². The molecule has 0 bridgehead atoms. The molecule has 0 atom stereocenters. The number of carbonyl (C=O) groups excluding carboxylic acids is 1. The standard InChI is InChI=1S/C26H28ClNO4/c1-30-26(29)22-8-14-25(15-9-22)32-18-5-16-28(24-12-10-23(27)11-13-24)17-19-31-20-21-6-3-2-4-7-21/h2-4,6-15H,5,16-20H2,1H3. The minimum atomic E-state index is -0.357. The smallest absolute Gasteiger partial charge is 0.337 e. The van der Waals surface area contributed by atoms with Crippen LogP contribution in [0.4, 0.5) is 5.69 Å². The molecule has 0 heterocycles. The van der Waals surface area contributed by atoms with Gasteiger partial charge in [0.2, 0.25) is 0 Å². The quantitative estimate of drug-likeness (QED) is 0.263. The van der Waals surface area contributed by atoms with E-state index in [1.807, 2.05) is 42.5 Å². The molecule has 0 unspecified atom stereocenters. The molecule has 0 spiro atoms. The van der Waals surface area contributed by atoms with Gasteiger partial charge in [-0.3, -0.25) is 0 Å². The van der Waals surface area contributed by atoms with Crippen molar-refractivity contribution in [3.63, 3.8) is 0 Å². The molecular weight excluding hydrogens is 426 g/mol. The number of methoxy groups -OCH3 is 1. The van der Waals surface area contributed by atoms with Gasteiger partial charge in [-0.25, -0.2) is 4.79 Å². The van der Waals surface area contributed by atoms with Gasteiger partial charge in [0.1, 0.15) is 5.75 Å². The van der Waals surface area contributed by atoms with Crippen LogP contribution < -0.4 is 9.64 Å². The van der Waals surface area contributed by atoms with Crippen molar-refractivity contribution in [2.75, 3.05) is 38.3 Å². The van der Waals surface area contributed by atoms with Crippen LogP contribution >= 0.6 is 11.6 Å². The molecular formula is C26H28ClNO4. The van der Waals surface area contributed by atoms with Crippen molar-refractivity contribution >= 4 is 23.3 Å². The highest BCUT2D eigenvalue weighted by atomic mass is 35.5. The average molecular weight is 454 g/mol. The van der Waals surface area contributed by atoms with Gasteiger partial charge < -0.3 is 19.1 Å². The zero-order chi connectivity index (χ0) is 22.6. The molecule has 168 valence electrons. The molecule has 6 heteroatoms. The molecule has 0 aliphatic rings. The second-order valence-corrected chi connectivity index (χ2v) is 7.66. The summed E-state index contributed by atoms with van der Waals surface area (Å²) in [5.74, 6) is 0.367. The maximum Gasteiger partial charge on any atom is 0.337 e. The average Bonchev–Trinajstić information content (AvgIpc) is 2.84. The van der Waals surface area contributed by atoms with Crippen LogP contribution in [0.15, 0.2) is 78.9 Å². The highest BCUT2D eigenvalue weighted by molar-refractivity contribution is 6.30. The third-order valence-corrected chi connectivity index (χ3v) is 5.18. The van der Waals surface area contributed by atoms with Gasteiger partial charge in [0.05, 0.1) is 32.5 Å². The maximum absolute atomic E-state index is 11.5. The van der Waals surface area contributed by atoms with Crippen LogP contribution in [0.2, 0.25) is 5.02 Å². The lowest BCUT2D eigenvalue weighted by Crippen LogP contribution is -2.29. The van der Waals surface area contributed by atoms with Crippen molar-refractivity contribution in [3.8, 4) is 5.75 Å². The maximum atomic E-state index is 11.5. The third kappa shape index (κ3) is 7.59. The molecule has 0 aliphatic carbocycles. The molecule has 3 aromatic rings. The van der Waals surface area contributed by atoms with Crippen LogP contribution in [-0.4, -0.2) is 39.4 Å². The zero-order valence-electron chi connectivity index (χ0n) is 18.2. The number of ether oxygens (including phenoxy) is 3. The molecule has 0 saturated heterocycles. The Bertz CT molecular complexity index is 946. The molecule has 32 heavy (non-hydrogen) atoms. The van der Waals surface area contributed by atoms with Crippen molar-refractivity contribution in [3.05, 3.63) is 95.0 Å². The van der Waals surface area contributed by atoms with E-state index in [2.05, 4.69) is 17.0 Å². The van der Waals surface area contributed by atoms with Gasteiger partial charge in [-0.2, -0.15) is 0 Å². The van der Waals surface area contributed by atoms with E-state index in [1.165, 1.54) is 7.11 Å². The summed E-state index contributed by atoms with van der Waals surface area (Å²) >= 11 is 6.05. The van der Waals surface area contributed by atoms with Gasteiger partial charge >= 0.3 is 5.97 Å². The molecule has 0 fully saturated rings. The Morgan fingerprint density at radius 1 is 0.875 bits per heavy atom. The lowest BCUT2D eigenvalue weighted by molar-refractivity contribution is 0.0600. The van der Waals surface area contributed by atoms with E-state index in [0.29, 0.717) is 30.4 Å². The Hall–Kier alpha value is -3.02. The fourth-order valence-electron chi connectivity index (χ4n) is 3.21. The van der Waals surface area contributed by atoms with E-state index in [4.69, 9.17) is 25.8 Å². The first-order valence-corrected chi connectivity index (χ1v) is 11.0. The number of halogens is 1. The summed E-state index contributed by atoms with van der Waals surface area (Å²) < 4.78 is 16.4. The van der Waals surface area contributed by atoms with Gasteiger partial charge in [0.25, 0.3) is 0 Å². The number of esters is 1. The van der Waals surface area contributed by atoms with E-state index in [0.717, 1.165) is 36.5 Å². The molecule has 0 N–H and O–H groups in total. The first-order chi connectivity index (χ1) is 15.7. The van der Waals surface area contributed by atoms with Gasteiger partial charge in [0.15, 0.2) is 0 Å². The molecule has 5 nitrogen and oxygen atoms in total. The Morgan fingerprint density at radius 2 is 1.59 bits per heavy atom. The number of hydrogen-bond donors (Lipinski definition) is 0.